The van der Waals surface area contributed by atoms with E-state index in [2.05, 4.69) is 55.5 Å². The second kappa shape index (κ2) is 13.5. The number of fused-ring (bicyclic) bond motifs is 2. The standard InChI is InChI=1S/C34H41IN2O4/c1-23(2)9-7-10-24(3)17-18-36-31-16-15-28(35)20-30(31)34(41,33(36)40)25(4)11-8-14-32(39)37-21-27-13-6-5-12-26(27)19-29(37)22-38/h5-6,8-9,11-13,15-17,20,25,29,38,41H,7,10,14,18-19,21-22H2,1-4H3/b11-8+,24-17+/t25-,29-,34+/m0/s1. The lowest BCUT2D eigenvalue weighted by Gasteiger charge is -2.36. The van der Waals surface area contributed by atoms with E-state index in [0.29, 0.717) is 25.1 Å². The highest BCUT2D eigenvalue weighted by Gasteiger charge is 2.52. The van der Waals surface area contributed by atoms with Crippen molar-refractivity contribution in [1.82, 2.24) is 4.90 Å². The Balaban J connectivity index is 1.48. The number of carbonyl (C=O) groups excluding carboxylic acids is 2. The minimum atomic E-state index is -1.72. The van der Waals surface area contributed by atoms with Crippen LogP contribution in [-0.2, 0) is 28.2 Å². The predicted octanol–water partition coefficient (Wildman–Crippen LogP) is 6.05. The Morgan fingerprint density at radius 3 is 2.59 bits per heavy atom. The molecule has 2 aliphatic rings. The molecular weight excluding hydrogens is 627 g/mol. The summed E-state index contributed by atoms with van der Waals surface area (Å²) in [5, 5.41) is 21.9. The first kappa shape index (κ1) is 31.2. The average molecular weight is 669 g/mol. The number of halogens is 1. The number of aliphatic hydroxyl groups is 2. The number of carbonyl (C=O) groups is 2. The van der Waals surface area contributed by atoms with E-state index in [1.54, 1.807) is 22.0 Å². The van der Waals surface area contributed by atoms with E-state index in [-0.39, 0.29) is 30.9 Å². The summed E-state index contributed by atoms with van der Waals surface area (Å²) >= 11 is 2.20. The van der Waals surface area contributed by atoms with Crippen LogP contribution < -0.4 is 4.90 Å². The van der Waals surface area contributed by atoms with Gasteiger partial charge in [0.15, 0.2) is 5.60 Å². The van der Waals surface area contributed by atoms with Gasteiger partial charge in [0.25, 0.3) is 5.91 Å². The van der Waals surface area contributed by atoms with Crippen LogP contribution in [0.15, 0.2) is 77.9 Å². The minimum absolute atomic E-state index is 0.0861. The summed E-state index contributed by atoms with van der Waals surface area (Å²) in [4.78, 5) is 30.4. The van der Waals surface area contributed by atoms with Crippen LogP contribution in [-0.4, -0.2) is 46.1 Å². The number of anilines is 1. The molecule has 7 heteroatoms. The van der Waals surface area contributed by atoms with Gasteiger partial charge in [0.2, 0.25) is 5.91 Å². The molecule has 0 aliphatic carbocycles. The Labute approximate surface area is 257 Å². The number of nitrogens with zero attached hydrogens (tertiary/aromatic N) is 2. The molecule has 4 rings (SSSR count). The smallest absolute Gasteiger partial charge is 0.264 e. The normalized spacial score (nSPS) is 21.2. The van der Waals surface area contributed by atoms with Crippen molar-refractivity contribution in [2.45, 2.75) is 71.6 Å². The van der Waals surface area contributed by atoms with Crippen LogP contribution in [0.5, 0.6) is 0 Å². The SMILES string of the molecule is CC(C)=CCC/C(C)=C/CN1C(=O)[C@@](O)([C@@H](C)/C=C/CC(=O)N2Cc3ccccc3C[C@H]2CO)c2cc(I)ccc21. The Morgan fingerprint density at radius 1 is 1.15 bits per heavy atom. The van der Waals surface area contributed by atoms with Crippen molar-refractivity contribution in [1.29, 1.82) is 0 Å². The predicted molar refractivity (Wildman–Crippen MR) is 172 cm³/mol. The molecule has 0 spiro atoms. The molecule has 41 heavy (non-hydrogen) atoms. The van der Waals surface area contributed by atoms with E-state index < -0.39 is 11.5 Å². The fourth-order valence-corrected chi connectivity index (χ4v) is 6.20. The quantitative estimate of drug-likeness (QED) is 0.239. The number of hydrogen-bond donors (Lipinski definition) is 2. The molecular formula is C34H41IN2O4. The van der Waals surface area contributed by atoms with Crippen LogP contribution in [0.4, 0.5) is 5.69 Å². The van der Waals surface area contributed by atoms with E-state index in [0.717, 1.165) is 33.2 Å². The van der Waals surface area contributed by atoms with Crippen molar-refractivity contribution >= 4 is 40.1 Å². The van der Waals surface area contributed by atoms with E-state index in [1.165, 1.54) is 11.1 Å². The summed E-state index contributed by atoms with van der Waals surface area (Å²) in [7, 11) is 0. The second-order valence-electron chi connectivity index (χ2n) is 11.5. The summed E-state index contributed by atoms with van der Waals surface area (Å²) < 4.78 is 0.939. The first-order chi connectivity index (χ1) is 19.6. The molecule has 2 aliphatic heterocycles. The summed E-state index contributed by atoms with van der Waals surface area (Å²) in [6, 6.07) is 13.5. The van der Waals surface area contributed by atoms with Crippen LogP contribution in [0, 0.1) is 9.49 Å². The largest absolute Gasteiger partial charge is 0.394 e. The van der Waals surface area contributed by atoms with Crippen molar-refractivity contribution < 1.29 is 19.8 Å². The number of allylic oxidation sites excluding steroid dienone is 3. The maximum Gasteiger partial charge on any atom is 0.264 e. The molecule has 0 saturated heterocycles. The fourth-order valence-electron chi connectivity index (χ4n) is 5.71. The van der Waals surface area contributed by atoms with Gasteiger partial charge in [-0.1, -0.05) is 66.6 Å². The summed E-state index contributed by atoms with van der Waals surface area (Å²) in [5.74, 6) is -0.987. The third kappa shape index (κ3) is 6.84. The Morgan fingerprint density at radius 2 is 1.88 bits per heavy atom. The van der Waals surface area contributed by atoms with Gasteiger partial charge in [-0.15, -0.1) is 0 Å². The van der Waals surface area contributed by atoms with Gasteiger partial charge < -0.3 is 20.0 Å². The van der Waals surface area contributed by atoms with Crippen molar-refractivity contribution in [3.8, 4) is 0 Å². The van der Waals surface area contributed by atoms with Gasteiger partial charge in [0.1, 0.15) is 0 Å². The first-order valence-electron chi connectivity index (χ1n) is 14.3. The summed E-state index contributed by atoms with van der Waals surface area (Å²) in [5.41, 5.74) is 4.35. The van der Waals surface area contributed by atoms with Crippen LogP contribution in [0.1, 0.15) is 63.6 Å². The molecule has 6 nitrogen and oxygen atoms in total. The van der Waals surface area contributed by atoms with Crippen LogP contribution in [0.3, 0.4) is 0 Å². The zero-order valence-corrected chi connectivity index (χ0v) is 26.6. The third-order valence-electron chi connectivity index (χ3n) is 8.21. The molecule has 3 atom stereocenters. The monoisotopic (exact) mass is 668 g/mol. The fraction of sp³-hybridized carbons (Fsp3) is 0.412. The van der Waals surface area contributed by atoms with Crippen molar-refractivity contribution in [3.05, 3.63) is 98.2 Å². The summed E-state index contributed by atoms with van der Waals surface area (Å²) in [6.45, 7) is 8.83. The van der Waals surface area contributed by atoms with Crippen LogP contribution >= 0.6 is 22.6 Å². The topological polar surface area (TPSA) is 81.1 Å². The van der Waals surface area contributed by atoms with Crippen LogP contribution in [0.2, 0.25) is 0 Å². The Bertz CT molecular complexity index is 1380. The zero-order chi connectivity index (χ0) is 29.7. The van der Waals surface area contributed by atoms with Crippen molar-refractivity contribution in [2.75, 3.05) is 18.1 Å². The van der Waals surface area contributed by atoms with E-state index in [9.17, 15) is 19.8 Å². The summed E-state index contributed by atoms with van der Waals surface area (Å²) in [6.07, 6.45) is 10.4. The molecule has 2 aromatic carbocycles. The lowest BCUT2D eigenvalue weighted by atomic mass is 9.83. The highest BCUT2D eigenvalue weighted by Crippen LogP contribution is 2.45. The molecule has 0 aromatic heterocycles. The number of aliphatic hydroxyl groups excluding tert-OH is 1. The molecule has 0 bridgehead atoms. The number of rotatable bonds is 10. The average Bonchev–Trinajstić information content (AvgIpc) is 3.16. The number of benzene rings is 2. The van der Waals surface area contributed by atoms with Gasteiger partial charge in [0.05, 0.1) is 18.3 Å². The molecule has 0 saturated carbocycles. The first-order valence-corrected chi connectivity index (χ1v) is 15.4. The second-order valence-corrected chi connectivity index (χ2v) is 12.7. The zero-order valence-electron chi connectivity index (χ0n) is 24.4. The van der Waals surface area contributed by atoms with Gasteiger partial charge >= 0.3 is 0 Å². The van der Waals surface area contributed by atoms with E-state index >= 15 is 0 Å². The highest BCUT2D eigenvalue weighted by atomic mass is 127. The van der Waals surface area contributed by atoms with E-state index in [4.69, 9.17) is 0 Å². The number of amides is 2. The molecule has 2 heterocycles. The van der Waals surface area contributed by atoms with Crippen molar-refractivity contribution in [2.24, 2.45) is 5.92 Å². The molecule has 2 aromatic rings. The minimum Gasteiger partial charge on any atom is -0.394 e. The van der Waals surface area contributed by atoms with Gasteiger partial charge in [-0.05, 0) is 92.0 Å². The van der Waals surface area contributed by atoms with Gasteiger partial charge in [0, 0.05) is 34.6 Å². The maximum atomic E-state index is 13.8. The lowest BCUT2D eigenvalue weighted by Crippen LogP contribution is -2.46. The van der Waals surface area contributed by atoms with Crippen molar-refractivity contribution in [3.63, 3.8) is 0 Å². The molecule has 0 unspecified atom stereocenters. The Hall–Kier alpha value is -2.75. The van der Waals surface area contributed by atoms with Gasteiger partial charge in [-0.3, -0.25) is 9.59 Å². The third-order valence-corrected chi connectivity index (χ3v) is 8.88. The highest BCUT2D eigenvalue weighted by molar-refractivity contribution is 14.1. The molecule has 2 amide bonds. The molecule has 2 N–H and O–H groups in total. The van der Waals surface area contributed by atoms with E-state index in [1.807, 2.05) is 49.4 Å². The Kier molecular flexibility index (Phi) is 10.3. The molecule has 0 radical (unpaired) electrons. The van der Waals surface area contributed by atoms with Gasteiger partial charge in [-0.2, -0.15) is 0 Å². The van der Waals surface area contributed by atoms with Crippen LogP contribution in [0.25, 0.3) is 0 Å². The molecule has 218 valence electrons. The number of hydrogen-bond acceptors (Lipinski definition) is 4. The maximum absolute atomic E-state index is 13.8. The molecule has 0 fully saturated rings. The lowest BCUT2D eigenvalue weighted by molar-refractivity contribution is -0.139. The van der Waals surface area contributed by atoms with Gasteiger partial charge in [-0.25, -0.2) is 0 Å².